The maximum atomic E-state index is 13.1. The van der Waals surface area contributed by atoms with Crippen molar-refractivity contribution in [3.63, 3.8) is 0 Å². The van der Waals surface area contributed by atoms with Gasteiger partial charge in [0.05, 0.1) is 12.3 Å². The first-order valence-electron chi connectivity index (χ1n) is 11.7. The van der Waals surface area contributed by atoms with E-state index in [0.29, 0.717) is 43.1 Å². The van der Waals surface area contributed by atoms with Crippen LogP contribution in [0.2, 0.25) is 0 Å². The van der Waals surface area contributed by atoms with Gasteiger partial charge in [0.1, 0.15) is 22.9 Å². The van der Waals surface area contributed by atoms with Crippen molar-refractivity contribution in [2.45, 2.75) is 38.1 Å². The molecule has 5 rings (SSSR count). The number of nitrogens with zero attached hydrogens (tertiary/aromatic N) is 3. The average molecular weight is 475 g/mol. The predicted octanol–water partition coefficient (Wildman–Crippen LogP) is 3.68. The fourth-order valence-electron chi connectivity index (χ4n) is 4.70. The number of Topliss-reactive ketones (excluding diaryl/α,β-unsaturated/α-hetero) is 1. The van der Waals surface area contributed by atoms with Crippen LogP contribution in [0.1, 0.15) is 39.4 Å². The number of hydrogen-bond acceptors (Lipinski definition) is 6. The second kappa shape index (κ2) is 9.19. The maximum Gasteiger partial charge on any atom is 0.252 e. The van der Waals surface area contributed by atoms with Crippen molar-refractivity contribution >= 4 is 23.2 Å². The second-order valence-electron chi connectivity index (χ2n) is 9.19. The molecule has 1 aromatic heterocycles. The van der Waals surface area contributed by atoms with E-state index in [1.807, 2.05) is 43.1 Å². The second-order valence-corrected chi connectivity index (χ2v) is 9.19. The smallest absolute Gasteiger partial charge is 0.252 e. The molecule has 180 valence electrons. The first kappa shape index (κ1) is 23.1. The summed E-state index contributed by atoms with van der Waals surface area (Å²) in [7, 11) is 1.90. The largest absolute Gasteiger partial charge is 0.378 e. The van der Waals surface area contributed by atoms with Crippen molar-refractivity contribution in [2.75, 3.05) is 30.5 Å². The molecule has 3 aromatic rings. The molecule has 2 aromatic carbocycles. The van der Waals surface area contributed by atoms with Gasteiger partial charge in [0.25, 0.3) is 5.91 Å². The maximum absolute atomic E-state index is 13.1. The van der Waals surface area contributed by atoms with Crippen molar-refractivity contribution in [3.8, 4) is 0 Å². The standard InChI is InChI=1S/C27H27FN4O3/c1-17-24-25(32(2)27(26(34)31-24)13-14-35-16-27)30-23(29-17)12-7-18-3-5-19(6-4-18)15-22(33)20-8-10-21(28)11-9-20/h3-6,8-11H,7,12-16H2,1-2H3,(H,31,34)/t27-/m1/s1. The molecule has 0 aliphatic carbocycles. The molecule has 0 radical (unpaired) electrons. The highest BCUT2D eigenvalue weighted by atomic mass is 19.1. The fourth-order valence-corrected chi connectivity index (χ4v) is 4.70. The SMILES string of the molecule is Cc1nc(CCc2ccc(CC(=O)c3ccc(F)cc3)cc2)nc2c1NC(=O)[C@]1(CCOC1)N2C. The Labute approximate surface area is 203 Å². The Kier molecular flexibility index (Phi) is 6.06. The van der Waals surface area contributed by atoms with Gasteiger partial charge in [-0.1, -0.05) is 24.3 Å². The summed E-state index contributed by atoms with van der Waals surface area (Å²) in [5, 5.41) is 3.00. The van der Waals surface area contributed by atoms with Gasteiger partial charge >= 0.3 is 0 Å². The van der Waals surface area contributed by atoms with Crippen molar-refractivity contribution in [1.82, 2.24) is 9.97 Å². The van der Waals surface area contributed by atoms with Gasteiger partial charge in [-0.2, -0.15) is 0 Å². The molecule has 0 unspecified atom stereocenters. The van der Waals surface area contributed by atoms with Gasteiger partial charge in [-0.15, -0.1) is 0 Å². The van der Waals surface area contributed by atoms with E-state index in [-0.39, 0.29) is 23.9 Å². The van der Waals surface area contributed by atoms with Crippen LogP contribution in [0, 0.1) is 12.7 Å². The van der Waals surface area contributed by atoms with Crippen molar-refractivity contribution < 1.29 is 18.7 Å². The van der Waals surface area contributed by atoms with Crippen LogP contribution < -0.4 is 10.2 Å². The number of benzene rings is 2. The van der Waals surface area contributed by atoms with Gasteiger partial charge in [0, 0.05) is 38.5 Å². The van der Waals surface area contributed by atoms with Crippen LogP contribution in [0.4, 0.5) is 15.9 Å². The predicted molar refractivity (Wildman–Crippen MR) is 130 cm³/mol. The number of anilines is 2. The van der Waals surface area contributed by atoms with Gasteiger partial charge in [0.2, 0.25) is 0 Å². The third kappa shape index (κ3) is 4.41. The highest BCUT2D eigenvalue weighted by molar-refractivity contribution is 6.06. The number of amides is 1. The summed E-state index contributed by atoms with van der Waals surface area (Å²) in [5.74, 6) is 0.980. The Morgan fingerprint density at radius 1 is 1.09 bits per heavy atom. The molecule has 1 atom stereocenters. The molecule has 1 saturated heterocycles. The third-order valence-corrected chi connectivity index (χ3v) is 6.93. The Morgan fingerprint density at radius 3 is 2.49 bits per heavy atom. The van der Waals surface area contributed by atoms with Crippen LogP contribution in [-0.4, -0.2) is 47.5 Å². The highest BCUT2D eigenvalue weighted by Gasteiger charge is 2.50. The Hall–Kier alpha value is -3.65. The number of aryl methyl sites for hydroxylation is 3. The number of rotatable bonds is 6. The van der Waals surface area contributed by atoms with Gasteiger partial charge in [-0.25, -0.2) is 14.4 Å². The van der Waals surface area contributed by atoms with Crippen LogP contribution in [0.25, 0.3) is 0 Å². The summed E-state index contributed by atoms with van der Waals surface area (Å²) in [6.07, 6.45) is 2.29. The summed E-state index contributed by atoms with van der Waals surface area (Å²) in [6, 6.07) is 13.5. The van der Waals surface area contributed by atoms with Gasteiger partial charge in [-0.05, 0) is 48.7 Å². The highest BCUT2D eigenvalue weighted by Crippen LogP contribution is 2.39. The monoisotopic (exact) mass is 474 g/mol. The zero-order valence-electron chi connectivity index (χ0n) is 19.8. The summed E-state index contributed by atoms with van der Waals surface area (Å²) >= 11 is 0. The van der Waals surface area contributed by atoms with E-state index in [0.717, 1.165) is 29.1 Å². The van der Waals surface area contributed by atoms with E-state index >= 15 is 0 Å². The molecular formula is C27H27FN4O3. The zero-order chi connectivity index (χ0) is 24.6. The summed E-state index contributed by atoms with van der Waals surface area (Å²) in [5.41, 5.74) is 3.21. The van der Waals surface area contributed by atoms with Crippen LogP contribution in [-0.2, 0) is 28.8 Å². The van der Waals surface area contributed by atoms with Gasteiger partial charge < -0.3 is 15.0 Å². The summed E-state index contributed by atoms with van der Waals surface area (Å²) in [4.78, 5) is 36.6. The molecule has 35 heavy (non-hydrogen) atoms. The molecule has 8 heteroatoms. The molecule has 0 bridgehead atoms. The topological polar surface area (TPSA) is 84.4 Å². The van der Waals surface area contributed by atoms with Crippen molar-refractivity contribution in [1.29, 1.82) is 0 Å². The number of halogens is 1. The number of fused-ring (bicyclic) bond motifs is 1. The summed E-state index contributed by atoms with van der Waals surface area (Å²) < 4.78 is 18.6. The lowest BCUT2D eigenvalue weighted by Crippen LogP contribution is -2.59. The Morgan fingerprint density at radius 2 is 1.80 bits per heavy atom. The lowest BCUT2D eigenvalue weighted by Gasteiger charge is -2.41. The zero-order valence-corrected chi connectivity index (χ0v) is 19.8. The van der Waals surface area contributed by atoms with E-state index < -0.39 is 5.54 Å². The van der Waals surface area contributed by atoms with E-state index in [2.05, 4.69) is 10.3 Å². The first-order valence-corrected chi connectivity index (χ1v) is 11.7. The lowest BCUT2D eigenvalue weighted by atomic mass is 9.92. The quantitative estimate of drug-likeness (QED) is 0.549. The third-order valence-electron chi connectivity index (χ3n) is 6.93. The fraction of sp³-hybridized carbons (Fsp3) is 0.333. The van der Waals surface area contributed by atoms with E-state index in [1.54, 1.807) is 0 Å². The van der Waals surface area contributed by atoms with Gasteiger partial charge in [0.15, 0.2) is 11.6 Å². The molecule has 2 aliphatic heterocycles. The number of nitrogens with one attached hydrogen (secondary N) is 1. The minimum Gasteiger partial charge on any atom is -0.378 e. The van der Waals surface area contributed by atoms with Crippen molar-refractivity contribution in [3.05, 3.63) is 82.6 Å². The number of ketones is 1. The lowest BCUT2D eigenvalue weighted by molar-refractivity contribution is -0.121. The molecule has 0 saturated carbocycles. The van der Waals surface area contributed by atoms with Crippen LogP contribution in [0.15, 0.2) is 48.5 Å². The number of hydrogen-bond donors (Lipinski definition) is 1. The van der Waals surface area contributed by atoms with E-state index in [4.69, 9.17) is 9.72 Å². The van der Waals surface area contributed by atoms with Crippen LogP contribution in [0.5, 0.6) is 0 Å². The minimum atomic E-state index is -0.716. The Balaban J connectivity index is 1.26. The van der Waals surface area contributed by atoms with Gasteiger partial charge in [-0.3, -0.25) is 9.59 Å². The molecule has 2 aliphatic rings. The molecule has 1 spiro atoms. The van der Waals surface area contributed by atoms with Crippen LogP contribution in [0.3, 0.4) is 0 Å². The normalized spacial score (nSPS) is 19.1. The average Bonchev–Trinajstić information content (AvgIpc) is 3.35. The molecule has 1 fully saturated rings. The molecule has 3 heterocycles. The molecule has 1 N–H and O–H groups in total. The first-order chi connectivity index (χ1) is 16.9. The minimum absolute atomic E-state index is 0.0441. The van der Waals surface area contributed by atoms with E-state index in [9.17, 15) is 14.0 Å². The van der Waals surface area contributed by atoms with Crippen molar-refractivity contribution in [2.24, 2.45) is 0 Å². The number of likely N-dealkylation sites (N-methyl/N-ethyl adjacent to an activating group) is 1. The molecule has 7 nitrogen and oxygen atoms in total. The molecule has 1 amide bonds. The van der Waals surface area contributed by atoms with E-state index in [1.165, 1.54) is 24.3 Å². The Bertz CT molecular complexity index is 1270. The number of aromatic nitrogens is 2. The number of ether oxygens (including phenoxy) is 1. The number of carbonyl (C=O) groups excluding carboxylic acids is 2. The number of carbonyl (C=O) groups is 2. The van der Waals surface area contributed by atoms with Crippen LogP contribution >= 0.6 is 0 Å². The summed E-state index contributed by atoms with van der Waals surface area (Å²) in [6.45, 7) is 2.78. The molecular weight excluding hydrogens is 447 g/mol.